The number of nitrogens with one attached hydrogen (secondary N) is 1. The number of anilines is 1. The lowest BCUT2D eigenvalue weighted by Crippen LogP contribution is -2.15. The maximum atomic E-state index is 9.58. The average molecular weight is 299 g/mol. The van der Waals surface area contributed by atoms with E-state index in [1.54, 1.807) is 0 Å². The zero-order valence-electron chi connectivity index (χ0n) is 11.3. The molecule has 1 aromatic heterocycles. The van der Waals surface area contributed by atoms with E-state index in [1.807, 2.05) is 60.7 Å². The number of hydrogen-bond acceptors (Lipinski definition) is 3. The van der Waals surface area contributed by atoms with Crippen molar-refractivity contribution in [1.29, 1.82) is 0 Å². The van der Waals surface area contributed by atoms with Crippen LogP contribution in [-0.4, -0.2) is 16.7 Å². The van der Waals surface area contributed by atoms with Gasteiger partial charge in [0.15, 0.2) is 0 Å². The molecular weight excluding hydrogens is 284 g/mol. The monoisotopic (exact) mass is 298 g/mol. The third kappa shape index (κ3) is 3.15. The predicted octanol–water partition coefficient (Wildman–Crippen LogP) is 4.03. The molecule has 0 aliphatic rings. The van der Waals surface area contributed by atoms with E-state index in [1.165, 1.54) is 0 Å². The molecular formula is C17H15ClN2O. The molecule has 3 rings (SSSR count). The number of hydrogen-bond donors (Lipinski definition) is 2. The molecule has 0 radical (unpaired) electrons. The maximum absolute atomic E-state index is 9.58. The molecule has 2 N–H and O–H groups in total. The number of aliphatic hydroxyl groups is 1. The van der Waals surface area contributed by atoms with Crippen molar-refractivity contribution in [2.24, 2.45) is 0 Å². The van der Waals surface area contributed by atoms with Crippen molar-refractivity contribution >= 4 is 28.3 Å². The summed E-state index contributed by atoms with van der Waals surface area (Å²) >= 11 is 5.97. The Balaban J connectivity index is 1.88. The largest absolute Gasteiger partial charge is 0.394 e. The fourth-order valence-electron chi connectivity index (χ4n) is 2.28. The van der Waals surface area contributed by atoms with Gasteiger partial charge in [-0.2, -0.15) is 0 Å². The van der Waals surface area contributed by atoms with Gasteiger partial charge in [0, 0.05) is 10.4 Å². The molecule has 0 unspecified atom stereocenters. The number of nitrogens with zero attached hydrogens (tertiary/aromatic N) is 1. The highest BCUT2D eigenvalue weighted by atomic mass is 35.5. The van der Waals surface area contributed by atoms with Gasteiger partial charge in [0.2, 0.25) is 0 Å². The SMILES string of the molecule is OC[C@H](Nc1ccc2cc(Cl)ccc2n1)c1ccccc1. The molecule has 0 spiro atoms. The van der Waals surface area contributed by atoms with Gasteiger partial charge in [-0.25, -0.2) is 4.98 Å². The van der Waals surface area contributed by atoms with Gasteiger partial charge in [0.1, 0.15) is 5.82 Å². The second-order valence-electron chi connectivity index (χ2n) is 4.82. The lowest BCUT2D eigenvalue weighted by molar-refractivity contribution is 0.276. The van der Waals surface area contributed by atoms with Crippen molar-refractivity contribution in [3.8, 4) is 0 Å². The highest BCUT2D eigenvalue weighted by Gasteiger charge is 2.10. The van der Waals surface area contributed by atoms with Gasteiger partial charge >= 0.3 is 0 Å². The molecule has 1 atom stereocenters. The highest BCUT2D eigenvalue weighted by Crippen LogP contribution is 2.22. The molecule has 0 saturated heterocycles. The third-order valence-electron chi connectivity index (χ3n) is 3.36. The summed E-state index contributed by atoms with van der Waals surface area (Å²) in [7, 11) is 0. The number of pyridine rings is 1. The fourth-order valence-corrected chi connectivity index (χ4v) is 2.46. The van der Waals surface area contributed by atoms with E-state index in [-0.39, 0.29) is 12.6 Å². The summed E-state index contributed by atoms with van der Waals surface area (Å²) in [5, 5.41) is 14.5. The summed E-state index contributed by atoms with van der Waals surface area (Å²) in [6.07, 6.45) is 0. The van der Waals surface area contributed by atoms with Crippen molar-refractivity contribution in [3.05, 3.63) is 71.2 Å². The predicted molar refractivity (Wildman–Crippen MR) is 86.6 cm³/mol. The van der Waals surface area contributed by atoms with Crippen molar-refractivity contribution in [2.45, 2.75) is 6.04 Å². The minimum absolute atomic E-state index is 0.00431. The molecule has 0 aliphatic carbocycles. The van der Waals surface area contributed by atoms with Gasteiger partial charge < -0.3 is 10.4 Å². The molecule has 0 saturated carbocycles. The van der Waals surface area contributed by atoms with E-state index in [0.717, 1.165) is 22.3 Å². The summed E-state index contributed by atoms with van der Waals surface area (Å²) in [6, 6.07) is 19.1. The Morgan fingerprint density at radius 2 is 1.86 bits per heavy atom. The van der Waals surface area contributed by atoms with E-state index in [4.69, 9.17) is 11.6 Å². The van der Waals surface area contributed by atoms with Gasteiger partial charge in [-0.1, -0.05) is 41.9 Å². The van der Waals surface area contributed by atoms with E-state index in [0.29, 0.717) is 5.02 Å². The first-order valence-corrected chi connectivity index (χ1v) is 7.13. The van der Waals surface area contributed by atoms with Gasteiger partial charge in [0.25, 0.3) is 0 Å². The maximum Gasteiger partial charge on any atom is 0.127 e. The summed E-state index contributed by atoms with van der Waals surface area (Å²) in [5.41, 5.74) is 1.90. The van der Waals surface area contributed by atoms with Crippen LogP contribution in [0.15, 0.2) is 60.7 Å². The highest BCUT2D eigenvalue weighted by molar-refractivity contribution is 6.31. The summed E-state index contributed by atoms with van der Waals surface area (Å²) < 4.78 is 0. The molecule has 0 amide bonds. The van der Waals surface area contributed by atoms with E-state index >= 15 is 0 Å². The van der Waals surface area contributed by atoms with Gasteiger partial charge in [-0.05, 0) is 35.9 Å². The van der Waals surface area contributed by atoms with Crippen LogP contribution in [0, 0.1) is 0 Å². The van der Waals surface area contributed by atoms with Crippen LogP contribution in [0.2, 0.25) is 5.02 Å². The van der Waals surface area contributed by atoms with Crippen LogP contribution in [0.4, 0.5) is 5.82 Å². The Kier molecular flexibility index (Phi) is 4.04. The van der Waals surface area contributed by atoms with Crippen LogP contribution >= 0.6 is 11.6 Å². The van der Waals surface area contributed by atoms with Crippen LogP contribution in [-0.2, 0) is 0 Å². The van der Waals surface area contributed by atoms with Crippen molar-refractivity contribution in [3.63, 3.8) is 0 Å². The topological polar surface area (TPSA) is 45.1 Å². The zero-order chi connectivity index (χ0) is 14.7. The molecule has 1 heterocycles. The Morgan fingerprint density at radius 3 is 2.62 bits per heavy atom. The Hall–Kier alpha value is -2.10. The van der Waals surface area contributed by atoms with Gasteiger partial charge in [0.05, 0.1) is 18.2 Å². The number of rotatable bonds is 4. The average Bonchev–Trinajstić information content (AvgIpc) is 2.53. The van der Waals surface area contributed by atoms with Crippen molar-refractivity contribution in [2.75, 3.05) is 11.9 Å². The van der Waals surface area contributed by atoms with Crippen LogP contribution in [0.3, 0.4) is 0 Å². The lowest BCUT2D eigenvalue weighted by Gasteiger charge is -2.17. The van der Waals surface area contributed by atoms with E-state index < -0.39 is 0 Å². The standard InChI is InChI=1S/C17H15ClN2O/c18-14-7-8-15-13(10-14)6-9-17(19-15)20-16(11-21)12-4-2-1-3-5-12/h1-10,16,21H,11H2,(H,19,20)/t16-/m0/s1. The van der Waals surface area contributed by atoms with E-state index in [9.17, 15) is 5.11 Å². The molecule has 3 aromatic rings. The molecule has 2 aromatic carbocycles. The number of halogens is 1. The quantitative estimate of drug-likeness (QED) is 0.764. The Morgan fingerprint density at radius 1 is 1.05 bits per heavy atom. The number of aromatic nitrogens is 1. The van der Waals surface area contributed by atoms with Crippen LogP contribution in [0.5, 0.6) is 0 Å². The molecule has 106 valence electrons. The third-order valence-corrected chi connectivity index (χ3v) is 3.59. The van der Waals surface area contributed by atoms with Crippen LogP contribution < -0.4 is 5.32 Å². The normalized spacial score (nSPS) is 12.3. The van der Waals surface area contributed by atoms with Gasteiger partial charge in [-0.3, -0.25) is 0 Å². The van der Waals surface area contributed by atoms with Crippen LogP contribution in [0.1, 0.15) is 11.6 Å². The second-order valence-corrected chi connectivity index (χ2v) is 5.26. The van der Waals surface area contributed by atoms with E-state index in [2.05, 4.69) is 10.3 Å². The molecule has 21 heavy (non-hydrogen) atoms. The minimum Gasteiger partial charge on any atom is -0.394 e. The number of fused-ring (bicyclic) bond motifs is 1. The summed E-state index contributed by atoms with van der Waals surface area (Å²) in [6.45, 7) is 0.00431. The Bertz CT molecular complexity index is 746. The summed E-state index contributed by atoms with van der Waals surface area (Å²) in [4.78, 5) is 4.55. The molecule has 4 heteroatoms. The molecule has 3 nitrogen and oxygen atoms in total. The van der Waals surface area contributed by atoms with Crippen LogP contribution in [0.25, 0.3) is 10.9 Å². The smallest absolute Gasteiger partial charge is 0.127 e. The summed E-state index contributed by atoms with van der Waals surface area (Å²) in [5.74, 6) is 0.729. The fraction of sp³-hybridized carbons (Fsp3) is 0.118. The first-order valence-electron chi connectivity index (χ1n) is 6.75. The second kappa shape index (κ2) is 6.12. The minimum atomic E-state index is -0.177. The molecule has 0 aliphatic heterocycles. The molecule has 0 fully saturated rings. The Labute approximate surface area is 128 Å². The first-order chi connectivity index (χ1) is 10.3. The molecule has 0 bridgehead atoms. The van der Waals surface area contributed by atoms with Crippen molar-refractivity contribution in [1.82, 2.24) is 4.98 Å². The number of benzene rings is 2. The lowest BCUT2D eigenvalue weighted by atomic mass is 10.1. The zero-order valence-corrected chi connectivity index (χ0v) is 12.1. The van der Waals surface area contributed by atoms with Gasteiger partial charge in [-0.15, -0.1) is 0 Å². The first kappa shape index (κ1) is 13.9. The number of aliphatic hydroxyl groups excluding tert-OH is 1. The van der Waals surface area contributed by atoms with Crippen molar-refractivity contribution < 1.29 is 5.11 Å².